The lowest BCUT2D eigenvalue weighted by Gasteiger charge is -2.43. The smallest absolute Gasteiger partial charge is 0.0540 e. The molecule has 0 aromatic heterocycles. The zero-order chi connectivity index (χ0) is 48.6. The van der Waals surface area contributed by atoms with Crippen LogP contribution in [0.2, 0.25) is 0 Å². The molecule has 0 radical (unpaired) electrons. The lowest BCUT2D eigenvalue weighted by atomic mass is 9.63. The summed E-state index contributed by atoms with van der Waals surface area (Å²) >= 11 is 0. The molecule has 68 heavy (non-hydrogen) atoms. The molecule has 0 atom stereocenters. The second kappa shape index (κ2) is 17.3. The van der Waals surface area contributed by atoms with Crippen LogP contribution in [0.15, 0.2) is 152 Å². The van der Waals surface area contributed by atoms with E-state index in [0.29, 0.717) is 5.92 Å². The van der Waals surface area contributed by atoms with Crippen LogP contribution < -0.4 is 9.80 Å². The third-order valence-electron chi connectivity index (χ3n) is 16.0. The van der Waals surface area contributed by atoms with E-state index in [-0.39, 0.29) is 27.1 Å². The maximum Gasteiger partial charge on any atom is 0.0540 e. The van der Waals surface area contributed by atoms with E-state index in [1.54, 1.807) is 0 Å². The summed E-state index contributed by atoms with van der Waals surface area (Å²) < 4.78 is 0. The van der Waals surface area contributed by atoms with Crippen molar-refractivity contribution in [1.82, 2.24) is 0 Å². The van der Waals surface area contributed by atoms with Crippen molar-refractivity contribution >= 4 is 34.1 Å². The van der Waals surface area contributed by atoms with Crippen LogP contribution in [0.5, 0.6) is 0 Å². The average molecular weight is 897 g/mol. The molecule has 7 aromatic carbocycles. The Morgan fingerprint density at radius 1 is 0.412 bits per heavy atom. The number of fused-ring (bicyclic) bond motifs is 2. The van der Waals surface area contributed by atoms with E-state index < -0.39 is 0 Å². The normalized spacial score (nSPS) is 16.8. The molecule has 0 unspecified atom stereocenters. The van der Waals surface area contributed by atoms with Crippen molar-refractivity contribution in [2.75, 3.05) is 9.80 Å². The number of hydrogen-bond acceptors (Lipinski definition) is 2. The van der Waals surface area contributed by atoms with Crippen LogP contribution in [-0.2, 0) is 27.1 Å². The zero-order valence-electron chi connectivity index (χ0n) is 43.7. The summed E-state index contributed by atoms with van der Waals surface area (Å²) in [5.41, 5.74) is 21.9. The van der Waals surface area contributed by atoms with Crippen molar-refractivity contribution < 1.29 is 0 Å². The van der Waals surface area contributed by atoms with Gasteiger partial charge in [0.25, 0.3) is 0 Å². The average Bonchev–Trinajstić information content (AvgIpc) is 3.30. The molecule has 0 aliphatic heterocycles. The number of aryl methyl sites for hydroxylation is 1. The molecule has 0 N–H and O–H groups in total. The summed E-state index contributed by atoms with van der Waals surface area (Å²) in [6, 6.07) is 58.5. The van der Waals surface area contributed by atoms with Gasteiger partial charge in [-0.05, 0) is 182 Å². The molecule has 2 aliphatic rings. The van der Waals surface area contributed by atoms with E-state index in [4.69, 9.17) is 0 Å². The van der Waals surface area contributed by atoms with Crippen molar-refractivity contribution in [3.63, 3.8) is 0 Å². The van der Waals surface area contributed by atoms with E-state index in [0.717, 1.165) is 24.2 Å². The van der Waals surface area contributed by atoms with Crippen molar-refractivity contribution in [2.45, 2.75) is 156 Å². The van der Waals surface area contributed by atoms with Crippen LogP contribution in [0.3, 0.4) is 0 Å². The quantitative estimate of drug-likeness (QED) is 0.142. The summed E-state index contributed by atoms with van der Waals surface area (Å²) in [5, 5.41) is 0. The molecule has 0 saturated carbocycles. The second-order valence-electron chi connectivity index (χ2n) is 24.3. The van der Waals surface area contributed by atoms with Gasteiger partial charge in [0, 0.05) is 33.9 Å². The first kappa shape index (κ1) is 47.2. The van der Waals surface area contributed by atoms with E-state index in [1.165, 1.54) is 96.8 Å². The molecule has 0 heterocycles. The largest absolute Gasteiger partial charge is 0.310 e. The topological polar surface area (TPSA) is 6.48 Å². The van der Waals surface area contributed by atoms with Crippen molar-refractivity contribution in [3.8, 4) is 22.3 Å². The van der Waals surface area contributed by atoms with Gasteiger partial charge < -0.3 is 9.80 Å². The van der Waals surface area contributed by atoms with Crippen LogP contribution in [0.4, 0.5) is 34.1 Å². The van der Waals surface area contributed by atoms with Crippen LogP contribution >= 0.6 is 0 Å². The molecule has 0 fully saturated rings. The molecule has 9 rings (SSSR count). The molecule has 0 saturated heterocycles. The van der Waals surface area contributed by atoms with Gasteiger partial charge in [0.2, 0.25) is 0 Å². The Hall–Kier alpha value is -5.86. The Kier molecular flexibility index (Phi) is 12.0. The van der Waals surface area contributed by atoms with Gasteiger partial charge in [-0.25, -0.2) is 0 Å². The Bertz CT molecular complexity index is 2970. The van der Waals surface area contributed by atoms with Crippen LogP contribution in [0.25, 0.3) is 22.3 Å². The first-order valence-electron chi connectivity index (χ1n) is 25.5. The molecule has 7 aromatic rings. The minimum atomic E-state index is -0.0223. The fraction of sp³-hybridized carbons (Fsp3) is 0.364. The van der Waals surface area contributed by atoms with Gasteiger partial charge in [-0.15, -0.1) is 0 Å². The molecule has 0 bridgehead atoms. The highest BCUT2D eigenvalue weighted by Crippen LogP contribution is 2.53. The molecular formula is C66H76N2. The van der Waals surface area contributed by atoms with Gasteiger partial charge in [-0.3, -0.25) is 0 Å². The van der Waals surface area contributed by atoms with Crippen molar-refractivity contribution in [3.05, 3.63) is 191 Å². The standard InChI is InChI=1S/C66H76N2/c1-44(2)48-25-31-60(54(39-48)46-21-17-15-18-22-46)67(50-27-29-56-58(42-50)65(11,12)35-33-63(56,7)8)52-37-45(3)38-53(41-52)68(51-28-30-57-59(43-51)66(13,14)36-34-64(57,9)10)61-32-26-49(62(4,5)6)40-55(61)47-23-19-16-20-24-47/h15-32,37-44H,33-36H2,1-14H3. The van der Waals surface area contributed by atoms with Crippen LogP contribution in [-0.4, -0.2) is 0 Å². The predicted octanol–water partition coefficient (Wildman–Crippen LogP) is 19.4. The van der Waals surface area contributed by atoms with E-state index in [9.17, 15) is 0 Å². The maximum atomic E-state index is 2.57. The number of nitrogens with zero attached hydrogens (tertiary/aromatic N) is 2. The van der Waals surface area contributed by atoms with E-state index >= 15 is 0 Å². The fourth-order valence-corrected chi connectivity index (χ4v) is 11.3. The van der Waals surface area contributed by atoms with Gasteiger partial charge >= 0.3 is 0 Å². The molecule has 0 spiro atoms. The third-order valence-corrected chi connectivity index (χ3v) is 16.0. The summed E-state index contributed by atoms with van der Waals surface area (Å²) in [7, 11) is 0. The Morgan fingerprint density at radius 3 is 1.25 bits per heavy atom. The van der Waals surface area contributed by atoms with Crippen LogP contribution in [0.1, 0.15) is 161 Å². The Labute approximate surface area is 410 Å². The lowest BCUT2D eigenvalue weighted by Crippen LogP contribution is -2.34. The van der Waals surface area contributed by atoms with Gasteiger partial charge in [0.1, 0.15) is 0 Å². The SMILES string of the molecule is Cc1cc(N(c2ccc3c(c2)C(C)(C)CCC3(C)C)c2ccc(C(C)C)cc2-c2ccccc2)cc(N(c2ccc3c(c2)C(C)(C)CCC3(C)C)c2ccc(C(C)(C)C)cc2-c2ccccc2)c1. The number of benzene rings is 7. The lowest BCUT2D eigenvalue weighted by molar-refractivity contribution is 0.332. The first-order chi connectivity index (χ1) is 32.0. The maximum absolute atomic E-state index is 2.57. The number of anilines is 6. The second-order valence-corrected chi connectivity index (χ2v) is 24.3. The molecule has 2 aliphatic carbocycles. The first-order valence-corrected chi connectivity index (χ1v) is 25.5. The monoisotopic (exact) mass is 897 g/mol. The fourth-order valence-electron chi connectivity index (χ4n) is 11.3. The molecular weight excluding hydrogens is 821 g/mol. The van der Waals surface area contributed by atoms with Crippen LogP contribution in [0, 0.1) is 6.92 Å². The molecule has 0 amide bonds. The zero-order valence-corrected chi connectivity index (χ0v) is 43.7. The summed E-state index contributed by atoms with van der Waals surface area (Å²) in [4.78, 5) is 5.14. The van der Waals surface area contributed by atoms with Crippen molar-refractivity contribution in [1.29, 1.82) is 0 Å². The summed E-state index contributed by atoms with van der Waals surface area (Å²) in [5.74, 6) is 0.390. The van der Waals surface area contributed by atoms with E-state index in [2.05, 4.69) is 258 Å². The third kappa shape index (κ3) is 8.85. The summed E-state index contributed by atoms with van der Waals surface area (Å²) in [6.07, 6.45) is 4.68. The molecule has 2 nitrogen and oxygen atoms in total. The van der Waals surface area contributed by atoms with Gasteiger partial charge in [-0.1, -0.05) is 175 Å². The molecule has 350 valence electrons. The Morgan fingerprint density at radius 2 is 0.824 bits per heavy atom. The Balaban J connectivity index is 1.35. The van der Waals surface area contributed by atoms with Gasteiger partial charge in [0.15, 0.2) is 0 Å². The number of hydrogen-bond donors (Lipinski definition) is 0. The van der Waals surface area contributed by atoms with Crippen molar-refractivity contribution in [2.24, 2.45) is 0 Å². The predicted molar refractivity (Wildman–Crippen MR) is 295 cm³/mol. The van der Waals surface area contributed by atoms with E-state index in [1.807, 2.05) is 0 Å². The van der Waals surface area contributed by atoms with Gasteiger partial charge in [-0.2, -0.15) is 0 Å². The highest BCUT2D eigenvalue weighted by molar-refractivity contribution is 5.93. The minimum absolute atomic E-state index is 0.0223. The minimum Gasteiger partial charge on any atom is -0.310 e. The van der Waals surface area contributed by atoms with Gasteiger partial charge in [0.05, 0.1) is 11.4 Å². The molecule has 2 heteroatoms. The highest BCUT2D eigenvalue weighted by Gasteiger charge is 2.39. The highest BCUT2D eigenvalue weighted by atomic mass is 15.2. The number of rotatable bonds is 9. The summed E-state index contributed by atoms with van der Waals surface area (Å²) in [6.45, 7) is 33.4.